The van der Waals surface area contributed by atoms with E-state index in [9.17, 15) is 9.59 Å². The summed E-state index contributed by atoms with van der Waals surface area (Å²) < 4.78 is 2.23. The van der Waals surface area contributed by atoms with Gasteiger partial charge in [-0.2, -0.15) is 0 Å². The number of rotatable bonds is 2. The summed E-state index contributed by atoms with van der Waals surface area (Å²) in [4.78, 5) is 25.6. The van der Waals surface area contributed by atoms with E-state index in [4.69, 9.17) is 0 Å². The van der Waals surface area contributed by atoms with E-state index >= 15 is 0 Å². The number of hydrogen-bond acceptors (Lipinski definition) is 3. The molecule has 0 saturated carbocycles. The third-order valence-corrected chi connectivity index (χ3v) is 3.54. The SMILES string of the molecule is CC1CNCCN1C(=O)Cn1cc(Br)ccc1=O.Cl. The monoisotopic (exact) mass is 349 g/mol. The Morgan fingerprint density at radius 2 is 2.26 bits per heavy atom. The highest BCUT2D eigenvalue weighted by Gasteiger charge is 2.23. The van der Waals surface area contributed by atoms with E-state index in [1.165, 1.54) is 10.6 Å². The number of aromatic nitrogens is 1. The summed E-state index contributed by atoms with van der Waals surface area (Å²) in [5, 5.41) is 3.23. The number of halogens is 2. The predicted molar refractivity (Wildman–Crippen MR) is 79.7 cm³/mol. The fourth-order valence-electron chi connectivity index (χ4n) is 2.07. The van der Waals surface area contributed by atoms with Gasteiger partial charge < -0.3 is 14.8 Å². The first kappa shape index (κ1) is 16.2. The molecule has 0 spiro atoms. The van der Waals surface area contributed by atoms with E-state index in [1.807, 2.05) is 11.8 Å². The topological polar surface area (TPSA) is 54.3 Å². The van der Waals surface area contributed by atoms with Gasteiger partial charge in [0.2, 0.25) is 5.91 Å². The molecule has 1 aromatic heterocycles. The van der Waals surface area contributed by atoms with Gasteiger partial charge in [-0.05, 0) is 28.9 Å². The van der Waals surface area contributed by atoms with Crippen molar-refractivity contribution in [3.8, 4) is 0 Å². The van der Waals surface area contributed by atoms with Gasteiger partial charge in [-0.1, -0.05) is 0 Å². The lowest BCUT2D eigenvalue weighted by Gasteiger charge is -2.34. The molecule has 1 saturated heterocycles. The number of amides is 1. The second-order valence-corrected chi connectivity index (χ2v) is 5.37. The van der Waals surface area contributed by atoms with Crippen molar-refractivity contribution in [2.75, 3.05) is 19.6 Å². The maximum Gasteiger partial charge on any atom is 0.251 e. The molecule has 1 amide bonds. The number of carbonyl (C=O) groups excluding carboxylic acids is 1. The van der Waals surface area contributed by atoms with Gasteiger partial charge in [0.15, 0.2) is 0 Å². The molecule has 0 bridgehead atoms. The fourth-order valence-corrected chi connectivity index (χ4v) is 2.45. The number of nitrogens with one attached hydrogen (secondary N) is 1. The zero-order valence-corrected chi connectivity index (χ0v) is 13.0. The molecule has 0 aliphatic carbocycles. The normalized spacial score (nSPS) is 18.8. The van der Waals surface area contributed by atoms with Crippen LogP contribution in [0, 0.1) is 0 Å². The summed E-state index contributed by atoms with van der Waals surface area (Å²) in [5.41, 5.74) is -0.158. The lowest BCUT2D eigenvalue weighted by atomic mass is 10.2. The largest absolute Gasteiger partial charge is 0.336 e. The Morgan fingerprint density at radius 1 is 1.53 bits per heavy atom. The van der Waals surface area contributed by atoms with Crippen molar-refractivity contribution in [1.82, 2.24) is 14.8 Å². The maximum absolute atomic E-state index is 12.2. The van der Waals surface area contributed by atoms with Crippen LogP contribution in [0.4, 0.5) is 0 Å². The number of hydrogen-bond donors (Lipinski definition) is 1. The molecule has 1 unspecified atom stereocenters. The summed E-state index contributed by atoms with van der Waals surface area (Å²) >= 11 is 3.30. The zero-order valence-electron chi connectivity index (χ0n) is 10.6. The van der Waals surface area contributed by atoms with E-state index in [1.54, 1.807) is 12.3 Å². The summed E-state index contributed by atoms with van der Waals surface area (Å²) in [6, 6.07) is 3.31. The Balaban J connectivity index is 0.00000180. The van der Waals surface area contributed by atoms with Gasteiger partial charge in [0.1, 0.15) is 6.54 Å². The second-order valence-electron chi connectivity index (χ2n) is 4.45. The van der Waals surface area contributed by atoms with Crippen molar-refractivity contribution in [2.45, 2.75) is 19.5 Å². The molecule has 1 aliphatic rings. The minimum Gasteiger partial charge on any atom is -0.336 e. The minimum atomic E-state index is -0.158. The van der Waals surface area contributed by atoms with Crippen LogP contribution in [0.1, 0.15) is 6.92 Å². The van der Waals surface area contributed by atoms with E-state index in [-0.39, 0.29) is 36.5 Å². The van der Waals surface area contributed by atoms with Crippen molar-refractivity contribution < 1.29 is 4.79 Å². The minimum absolute atomic E-state index is 0. The van der Waals surface area contributed by atoms with Gasteiger partial charge in [-0.15, -0.1) is 12.4 Å². The van der Waals surface area contributed by atoms with Crippen LogP contribution in [0.3, 0.4) is 0 Å². The highest BCUT2D eigenvalue weighted by molar-refractivity contribution is 9.10. The Morgan fingerprint density at radius 3 is 2.95 bits per heavy atom. The Bertz CT molecular complexity index is 506. The average Bonchev–Trinajstić information content (AvgIpc) is 2.34. The summed E-state index contributed by atoms with van der Waals surface area (Å²) in [6.07, 6.45) is 1.65. The fraction of sp³-hybridized carbons (Fsp3) is 0.500. The van der Waals surface area contributed by atoms with E-state index < -0.39 is 0 Å². The van der Waals surface area contributed by atoms with Crippen LogP contribution < -0.4 is 10.9 Å². The van der Waals surface area contributed by atoms with Crippen molar-refractivity contribution in [3.05, 3.63) is 33.2 Å². The average molecular weight is 351 g/mol. The molecule has 1 aromatic rings. The zero-order chi connectivity index (χ0) is 13.1. The molecule has 106 valence electrons. The highest BCUT2D eigenvalue weighted by Crippen LogP contribution is 2.07. The highest BCUT2D eigenvalue weighted by atomic mass is 79.9. The second kappa shape index (κ2) is 7.07. The van der Waals surface area contributed by atoms with Crippen LogP contribution in [0.25, 0.3) is 0 Å². The number of piperazine rings is 1. The standard InChI is InChI=1S/C12H16BrN3O2.ClH/c1-9-6-14-4-5-16(9)12(18)8-15-7-10(13)2-3-11(15)17;/h2-3,7,9,14H,4-6,8H2,1H3;1H. The van der Waals surface area contributed by atoms with Gasteiger partial charge in [0.25, 0.3) is 5.56 Å². The summed E-state index contributed by atoms with van der Waals surface area (Å²) in [7, 11) is 0. The van der Waals surface area contributed by atoms with Gasteiger partial charge in [0.05, 0.1) is 0 Å². The van der Waals surface area contributed by atoms with Crippen LogP contribution in [-0.2, 0) is 11.3 Å². The van der Waals surface area contributed by atoms with Gasteiger partial charge in [0, 0.05) is 42.4 Å². The van der Waals surface area contributed by atoms with Crippen LogP contribution in [0.15, 0.2) is 27.6 Å². The maximum atomic E-state index is 12.2. The quantitative estimate of drug-likeness (QED) is 0.860. The molecule has 1 aliphatic heterocycles. The molecule has 0 radical (unpaired) electrons. The Labute approximate surface area is 126 Å². The molecule has 7 heteroatoms. The van der Waals surface area contributed by atoms with Crippen LogP contribution >= 0.6 is 28.3 Å². The van der Waals surface area contributed by atoms with Gasteiger partial charge >= 0.3 is 0 Å². The molecule has 1 N–H and O–H groups in total. The number of carbonyl (C=O) groups is 1. The van der Waals surface area contributed by atoms with Gasteiger partial charge in [-0.25, -0.2) is 0 Å². The molecule has 2 rings (SSSR count). The third-order valence-electron chi connectivity index (χ3n) is 3.07. The van der Waals surface area contributed by atoms with E-state index in [0.29, 0.717) is 6.54 Å². The lowest BCUT2D eigenvalue weighted by molar-refractivity contribution is -0.134. The van der Waals surface area contributed by atoms with Crippen molar-refractivity contribution in [1.29, 1.82) is 0 Å². The Hall–Kier alpha value is -0.850. The number of pyridine rings is 1. The molecule has 1 atom stereocenters. The summed E-state index contributed by atoms with van der Waals surface area (Å²) in [5.74, 6) is -0.01000. The summed E-state index contributed by atoms with van der Waals surface area (Å²) in [6.45, 7) is 4.42. The van der Waals surface area contributed by atoms with Crippen LogP contribution in [0.5, 0.6) is 0 Å². The van der Waals surface area contributed by atoms with E-state index in [2.05, 4.69) is 21.2 Å². The van der Waals surface area contributed by atoms with E-state index in [0.717, 1.165) is 17.6 Å². The predicted octanol–water partition coefficient (Wildman–Crippen LogP) is 0.853. The lowest BCUT2D eigenvalue weighted by Crippen LogP contribution is -2.53. The van der Waals surface area contributed by atoms with Crippen molar-refractivity contribution >= 4 is 34.2 Å². The van der Waals surface area contributed by atoms with Crippen molar-refractivity contribution in [3.63, 3.8) is 0 Å². The molecule has 0 aromatic carbocycles. The smallest absolute Gasteiger partial charge is 0.251 e. The molecular weight excluding hydrogens is 334 g/mol. The van der Waals surface area contributed by atoms with Crippen molar-refractivity contribution in [2.24, 2.45) is 0 Å². The van der Waals surface area contributed by atoms with Gasteiger partial charge in [-0.3, -0.25) is 9.59 Å². The first-order valence-electron chi connectivity index (χ1n) is 5.94. The molecule has 1 fully saturated rings. The first-order chi connectivity index (χ1) is 8.58. The first-order valence-corrected chi connectivity index (χ1v) is 6.73. The van der Waals surface area contributed by atoms with Crippen LogP contribution in [0.2, 0.25) is 0 Å². The molecule has 5 nitrogen and oxygen atoms in total. The van der Waals surface area contributed by atoms with Crippen LogP contribution in [-0.4, -0.2) is 41.1 Å². The Kier molecular flexibility index (Phi) is 6.03. The third kappa shape index (κ3) is 4.06. The molecule has 2 heterocycles. The number of nitrogens with zero attached hydrogens (tertiary/aromatic N) is 2. The molecular formula is C12H17BrClN3O2. The molecule has 19 heavy (non-hydrogen) atoms.